The number of nitrogens with zero attached hydrogens (tertiary/aromatic N) is 1. The van der Waals surface area contributed by atoms with E-state index in [1.165, 1.54) is 0 Å². The number of aromatic nitrogens is 1. The molecule has 0 unspecified atom stereocenters. The zero-order valence-electron chi connectivity index (χ0n) is 8.48. The number of aryl methyl sites for hydroxylation is 1. The molecular formula is C9H11BrN2O4. The molecule has 7 heteroatoms. The summed E-state index contributed by atoms with van der Waals surface area (Å²) < 4.78 is 2.27. The average molecular weight is 291 g/mol. The van der Waals surface area contributed by atoms with Gasteiger partial charge in [-0.3, -0.25) is 4.79 Å². The first-order chi connectivity index (χ1) is 7.45. The summed E-state index contributed by atoms with van der Waals surface area (Å²) in [7, 11) is 1.66. The van der Waals surface area contributed by atoms with Crippen LogP contribution in [0.25, 0.3) is 0 Å². The molecular weight excluding hydrogens is 280 g/mol. The maximum Gasteiger partial charge on any atom is 0.328 e. The minimum atomic E-state index is -1.29. The number of carbonyl (C=O) groups excluding carboxylic acids is 1. The van der Waals surface area contributed by atoms with E-state index in [4.69, 9.17) is 10.2 Å². The SMILES string of the molecule is Cn1cc(Br)cc1C(=O)N[C@H](CO)C(=O)O. The quantitative estimate of drug-likeness (QED) is 0.726. The van der Waals surface area contributed by atoms with Crippen LogP contribution in [0.5, 0.6) is 0 Å². The molecule has 0 radical (unpaired) electrons. The largest absolute Gasteiger partial charge is 0.480 e. The average Bonchev–Trinajstić information content (AvgIpc) is 2.53. The van der Waals surface area contributed by atoms with Crippen molar-refractivity contribution < 1.29 is 19.8 Å². The fourth-order valence-electron chi connectivity index (χ4n) is 1.17. The molecule has 0 bridgehead atoms. The Labute approximate surface area is 100 Å². The number of amides is 1. The first kappa shape index (κ1) is 12.7. The highest BCUT2D eigenvalue weighted by Gasteiger charge is 2.21. The summed E-state index contributed by atoms with van der Waals surface area (Å²) in [5.41, 5.74) is 0.312. The molecule has 6 nitrogen and oxygen atoms in total. The third-order valence-electron chi connectivity index (χ3n) is 1.99. The lowest BCUT2D eigenvalue weighted by Gasteiger charge is -2.11. The molecule has 0 saturated heterocycles. The molecule has 1 rings (SSSR count). The van der Waals surface area contributed by atoms with Gasteiger partial charge in [0.1, 0.15) is 5.69 Å². The van der Waals surface area contributed by atoms with Crippen molar-refractivity contribution in [3.63, 3.8) is 0 Å². The molecule has 0 aliphatic heterocycles. The van der Waals surface area contributed by atoms with Crippen molar-refractivity contribution in [2.24, 2.45) is 7.05 Å². The molecule has 1 aromatic heterocycles. The molecule has 0 aliphatic carbocycles. The Kier molecular flexibility index (Phi) is 4.08. The molecule has 0 aliphatic rings. The standard InChI is InChI=1S/C9H11BrN2O4/c1-12-3-5(10)2-7(12)8(14)11-6(4-13)9(15)16/h2-3,6,13H,4H2,1H3,(H,11,14)(H,15,16)/t6-/m1/s1. The molecule has 1 heterocycles. The van der Waals surface area contributed by atoms with Gasteiger partial charge >= 0.3 is 5.97 Å². The summed E-state index contributed by atoms with van der Waals surface area (Å²) in [4.78, 5) is 22.2. The normalized spacial score (nSPS) is 12.2. The third kappa shape index (κ3) is 2.83. The molecule has 1 amide bonds. The van der Waals surface area contributed by atoms with E-state index in [9.17, 15) is 9.59 Å². The molecule has 3 N–H and O–H groups in total. The summed E-state index contributed by atoms with van der Waals surface area (Å²) in [6.45, 7) is -0.646. The number of hydrogen-bond acceptors (Lipinski definition) is 3. The summed E-state index contributed by atoms with van der Waals surface area (Å²) >= 11 is 3.20. The summed E-state index contributed by atoms with van der Waals surface area (Å²) in [6, 6.07) is 0.271. The van der Waals surface area contributed by atoms with Crippen molar-refractivity contribution in [2.45, 2.75) is 6.04 Å². The number of carboxylic acids is 1. The maximum absolute atomic E-state index is 11.6. The Morgan fingerprint density at radius 3 is 2.62 bits per heavy atom. The molecule has 0 fully saturated rings. The van der Waals surface area contributed by atoms with E-state index in [0.717, 1.165) is 4.47 Å². The Morgan fingerprint density at radius 1 is 1.62 bits per heavy atom. The van der Waals surface area contributed by atoms with Crippen LogP contribution in [0.4, 0.5) is 0 Å². The highest BCUT2D eigenvalue weighted by molar-refractivity contribution is 9.10. The van der Waals surface area contributed by atoms with Crippen LogP contribution in [0, 0.1) is 0 Å². The van der Waals surface area contributed by atoms with Gasteiger partial charge in [-0.1, -0.05) is 0 Å². The van der Waals surface area contributed by atoms with E-state index >= 15 is 0 Å². The smallest absolute Gasteiger partial charge is 0.328 e. The van der Waals surface area contributed by atoms with Crippen molar-refractivity contribution in [1.29, 1.82) is 0 Å². The fourth-order valence-corrected chi connectivity index (χ4v) is 1.69. The zero-order chi connectivity index (χ0) is 12.3. The van der Waals surface area contributed by atoms with Crippen LogP contribution in [0.15, 0.2) is 16.7 Å². The number of hydrogen-bond donors (Lipinski definition) is 3. The van der Waals surface area contributed by atoms with E-state index < -0.39 is 24.5 Å². The highest BCUT2D eigenvalue weighted by atomic mass is 79.9. The van der Waals surface area contributed by atoms with E-state index in [2.05, 4.69) is 21.2 Å². The molecule has 0 saturated carbocycles. The molecule has 0 aromatic carbocycles. The van der Waals surface area contributed by atoms with Gasteiger partial charge < -0.3 is 20.1 Å². The molecule has 1 atom stereocenters. The third-order valence-corrected chi connectivity index (χ3v) is 2.42. The lowest BCUT2D eigenvalue weighted by Crippen LogP contribution is -2.43. The second kappa shape index (κ2) is 5.13. The van der Waals surface area contributed by atoms with Gasteiger partial charge in [0.15, 0.2) is 6.04 Å². The number of carboxylic acid groups (broad SMARTS) is 1. The predicted octanol–water partition coefficient (Wildman–Crippen LogP) is -0.0371. The maximum atomic E-state index is 11.6. The summed E-state index contributed by atoms with van der Waals surface area (Å²) in [5.74, 6) is -1.82. The second-order valence-electron chi connectivity index (χ2n) is 3.20. The minimum absolute atomic E-state index is 0.312. The van der Waals surface area contributed by atoms with Gasteiger partial charge in [-0.2, -0.15) is 0 Å². The van der Waals surface area contributed by atoms with Crippen LogP contribution >= 0.6 is 15.9 Å². The monoisotopic (exact) mass is 290 g/mol. The van der Waals surface area contributed by atoms with Crippen molar-refractivity contribution in [2.75, 3.05) is 6.61 Å². The molecule has 0 spiro atoms. The van der Waals surface area contributed by atoms with Crippen molar-refractivity contribution in [3.8, 4) is 0 Å². The van der Waals surface area contributed by atoms with Gasteiger partial charge in [0.2, 0.25) is 0 Å². The molecule has 16 heavy (non-hydrogen) atoms. The number of nitrogens with one attached hydrogen (secondary N) is 1. The van der Waals surface area contributed by atoms with Crippen molar-refractivity contribution in [3.05, 3.63) is 22.4 Å². The van der Waals surface area contributed by atoms with Crippen LogP contribution in [0.1, 0.15) is 10.5 Å². The number of aliphatic hydroxyl groups is 1. The van der Waals surface area contributed by atoms with Crippen LogP contribution in [0.3, 0.4) is 0 Å². The number of rotatable bonds is 4. The van der Waals surface area contributed by atoms with E-state index in [1.54, 1.807) is 23.9 Å². The number of halogens is 1. The Hall–Kier alpha value is -1.34. The Bertz CT molecular complexity index is 416. The second-order valence-corrected chi connectivity index (χ2v) is 4.12. The number of carbonyl (C=O) groups is 2. The Balaban J connectivity index is 2.79. The van der Waals surface area contributed by atoms with E-state index in [-0.39, 0.29) is 0 Å². The lowest BCUT2D eigenvalue weighted by atomic mass is 10.3. The first-order valence-corrected chi connectivity index (χ1v) is 5.21. The van der Waals surface area contributed by atoms with Gasteiger partial charge in [-0.25, -0.2) is 4.79 Å². The zero-order valence-corrected chi connectivity index (χ0v) is 10.1. The van der Waals surface area contributed by atoms with Gasteiger partial charge in [0.05, 0.1) is 6.61 Å². The summed E-state index contributed by atoms with van der Waals surface area (Å²) in [6.07, 6.45) is 1.67. The van der Waals surface area contributed by atoms with Gasteiger partial charge in [0, 0.05) is 17.7 Å². The van der Waals surface area contributed by atoms with Crippen LogP contribution in [-0.4, -0.2) is 39.3 Å². The number of aliphatic hydroxyl groups excluding tert-OH is 1. The fraction of sp³-hybridized carbons (Fsp3) is 0.333. The van der Waals surface area contributed by atoms with Crippen LogP contribution in [-0.2, 0) is 11.8 Å². The van der Waals surface area contributed by atoms with Gasteiger partial charge in [0.25, 0.3) is 5.91 Å². The summed E-state index contributed by atoms with van der Waals surface area (Å²) in [5, 5.41) is 19.6. The molecule has 88 valence electrons. The number of aliphatic carboxylic acids is 1. The van der Waals surface area contributed by atoms with Gasteiger partial charge in [-0.15, -0.1) is 0 Å². The van der Waals surface area contributed by atoms with Crippen molar-refractivity contribution in [1.82, 2.24) is 9.88 Å². The van der Waals surface area contributed by atoms with Gasteiger partial charge in [-0.05, 0) is 22.0 Å². The van der Waals surface area contributed by atoms with Crippen LogP contribution in [0.2, 0.25) is 0 Å². The first-order valence-electron chi connectivity index (χ1n) is 4.42. The minimum Gasteiger partial charge on any atom is -0.480 e. The van der Waals surface area contributed by atoms with E-state index in [1.807, 2.05) is 0 Å². The lowest BCUT2D eigenvalue weighted by molar-refractivity contribution is -0.140. The van der Waals surface area contributed by atoms with Crippen molar-refractivity contribution >= 4 is 27.8 Å². The topological polar surface area (TPSA) is 91.6 Å². The van der Waals surface area contributed by atoms with E-state index in [0.29, 0.717) is 5.69 Å². The highest BCUT2D eigenvalue weighted by Crippen LogP contribution is 2.13. The van der Waals surface area contributed by atoms with Crippen LogP contribution < -0.4 is 5.32 Å². The predicted molar refractivity (Wildman–Crippen MR) is 59.1 cm³/mol. The Morgan fingerprint density at radius 2 is 2.25 bits per heavy atom. The molecule has 1 aromatic rings.